The SMILES string of the molecule is CNC(=O)C(=N)/C(=C\C(=N)N)Nc1cccc(C2=CC=C(C(=O)N(C)CC(/C=N/C(F)F)=C(\C)N)NC2)c1OC. The van der Waals surface area contributed by atoms with Crippen LogP contribution in [0.4, 0.5) is 14.5 Å². The highest BCUT2D eigenvalue weighted by atomic mass is 19.3. The number of para-hydroxylation sites is 1. The van der Waals surface area contributed by atoms with Crippen LogP contribution in [0.15, 0.2) is 64.1 Å². The van der Waals surface area contributed by atoms with Crippen molar-refractivity contribution < 1.29 is 23.1 Å². The molecule has 0 unspecified atom stereocenters. The minimum Gasteiger partial charge on any atom is -0.494 e. The standard InChI is InChI=1S/C26H33F2N9O3/c1-14(29)16(12-35-26(27)28)13-37(3)25(39)19-9-8-15(11-34-19)17-6-5-7-18(23(17)40-4)36-20(10-21(30)31)22(32)24(38)33-2/h5-10,12,26,32,34,36H,11,13,29H2,1-4H3,(H3,30,31)(H,33,38)/b16-14+,20-10+,32-22?,35-12+. The topological polar surface area (TPSA) is 195 Å². The molecule has 1 aliphatic heterocycles. The monoisotopic (exact) mass is 557 g/mol. The van der Waals surface area contributed by atoms with Crippen LogP contribution in [0.3, 0.4) is 0 Å². The first-order chi connectivity index (χ1) is 18.9. The van der Waals surface area contributed by atoms with Gasteiger partial charge in [-0.2, -0.15) is 8.78 Å². The molecule has 12 nitrogen and oxygen atoms in total. The largest absolute Gasteiger partial charge is 0.494 e. The molecule has 2 amide bonds. The zero-order chi connectivity index (χ0) is 30.0. The molecule has 0 saturated heterocycles. The van der Waals surface area contributed by atoms with Crippen LogP contribution in [-0.4, -0.2) is 75.3 Å². The van der Waals surface area contributed by atoms with Crippen LogP contribution in [0.1, 0.15) is 12.5 Å². The fraction of sp³-hybridized carbons (Fsp3) is 0.269. The van der Waals surface area contributed by atoms with Crippen molar-refractivity contribution in [2.45, 2.75) is 13.5 Å². The molecule has 0 atom stereocenters. The van der Waals surface area contributed by atoms with Gasteiger partial charge in [0.1, 0.15) is 23.0 Å². The van der Waals surface area contributed by atoms with Crippen LogP contribution in [0.25, 0.3) is 5.57 Å². The number of likely N-dealkylation sites (N-methyl/N-ethyl adjacent to an activating group) is 1. The lowest BCUT2D eigenvalue weighted by Gasteiger charge is -2.24. The number of ether oxygens (including phenoxy) is 1. The Balaban J connectivity index is 2.33. The molecular weight excluding hydrogens is 524 g/mol. The quantitative estimate of drug-likeness (QED) is 0.115. The average molecular weight is 558 g/mol. The number of alkyl halides is 2. The molecule has 40 heavy (non-hydrogen) atoms. The second kappa shape index (κ2) is 14.2. The van der Waals surface area contributed by atoms with E-state index in [0.29, 0.717) is 22.6 Å². The summed E-state index contributed by atoms with van der Waals surface area (Å²) in [5.41, 5.74) is 13.5. The zero-order valence-electron chi connectivity index (χ0n) is 22.6. The van der Waals surface area contributed by atoms with Gasteiger partial charge in [0.05, 0.1) is 18.5 Å². The van der Waals surface area contributed by atoms with Gasteiger partial charge in [-0.15, -0.1) is 0 Å². The average Bonchev–Trinajstić information content (AvgIpc) is 2.92. The number of carbonyl (C=O) groups excluding carboxylic acids is 2. The fourth-order valence-electron chi connectivity index (χ4n) is 3.60. The predicted octanol–water partition coefficient (Wildman–Crippen LogP) is 1.55. The number of carbonyl (C=O) groups is 2. The Morgan fingerprint density at radius 1 is 1.27 bits per heavy atom. The molecule has 0 saturated carbocycles. The fourth-order valence-corrected chi connectivity index (χ4v) is 3.60. The van der Waals surface area contributed by atoms with Gasteiger partial charge < -0.3 is 37.1 Å². The Hall–Kier alpha value is -5.01. The highest BCUT2D eigenvalue weighted by Crippen LogP contribution is 2.35. The van der Waals surface area contributed by atoms with Crippen molar-refractivity contribution in [3.8, 4) is 5.75 Å². The number of nitrogens with two attached hydrogens (primary N) is 2. The molecule has 0 aromatic heterocycles. The number of hydrogen-bond acceptors (Lipinski definition) is 9. The van der Waals surface area contributed by atoms with Gasteiger partial charge in [0, 0.05) is 56.3 Å². The smallest absolute Gasteiger partial charge is 0.331 e. The van der Waals surface area contributed by atoms with Gasteiger partial charge in [-0.1, -0.05) is 18.2 Å². The number of aliphatic imine (C=N–C) groups is 1. The number of nitrogens with one attached hydrogen (secondary N) is 5. The molecule has 0 aliphatic carbocycles. The molecule has 0 bridgehead atoms. The highest BCUT2D eigenvalue weighted by molar-refractivity contribution is 6.45. The summed E-state index contributed by atoms with van der Waals surface area (Å²) in [5, 5.41) is 24.1. The molecular formula is C26H33F2N9O3. The number of dihydropyridines is 1. The van der Waals surface area contributed by atoms with Gasteiger partial charge in [-0.3, -0.25) is 20.4 Å². The number of amidine groups is 1. The van der Waals surface area contributed by atoms with E-state index in [1.165, 1.54) is 33.0 Å². The van der Waals surface area contributed by atoms with Crippen molar-refractivity contribution >= 4 is 40.8 Å². The van der Waals surface area contributed by atoms with E-state index in [2.05, 4.69) is 20.9 Å². The minimum atomic E-state index is -2.88. The molecule has 14 heteroatoms. The third-order valence-corrected chi connectivity index (χ3v) is 5.61. The summed E-state index contributed by atoms with van der Waals surface area (Å²) in [6.45, 7) is -1.11. The number of anilines is 1. The Morgan fingerprint density at radius 3 is 2.50 bits per heavy atom. The second-order valence-corrected chi connectivity index (χ2v) is 8.53. The third-order valence-electron chi connectivity index (χ3n) is 5.61. The first-order valence-electron chi connectivity index (χ1n) is 11.9. The number of allylic oxidation sites excluding steroid dienone is 3. The maximum atomic E-state index is 13.0. The van der Waals surface area contributed by atoms with Crippen molar-refractivity contribution in [1.82, 2.24) is 15.5 Å². The summed E-state index contributed by atoms with van der Waals surface area (Å²) in [5.74, 6) is -1.02. The molecule has 1 aromatic carbocycles. The summed E-state index contributed by atoms with van der Waals surface area (Å²) in [6.07, 6.45) is 5.44. The van der Waals surface area contributed by atoms with E-state index in [1.807, 2.05) is 0 Å². The number of benzene rings is 1. The maximum Gasteiger partial charge on any atom is 0.331 e. The summed E-state index contributed by atoms with van der Waals surface area (Å²) in [6, 6.07) is 5.20. The Bertz CT molecular complexity index is 1330. The summed E-state index contributed by atoms with van der Waals surface area (Å²) in [7, 11) is 4.36. The lowest BCUT2D eigenvalue weighted by molar-refractivity contribution is -0.125. The predicted molar refractivity (Wildman–Crippen MR) is 151 cm³/mol. The maximum absolute atomic E-state index is 13.0. The van der Waals surface area contributed by atoms with Gasteiger partial charge in [-0.05, 0) is 24.6 Å². The summed E-state index contributed by atoms with van der Waals surface area (Å²) < 4.78 is 30.6. The highest BCUT2D eigenvalue weighted by Gasteiger charge is 2.22. The lowest BCUT2D eigenvalue weighted by Crippen LogP contribution is -2.37. The van der Waals surface area contributed by atoms with Crippen LogP contribution in [0.2, 0.25) is 0 Å². The summed E-state index contributed by atoms with van der Waals surface area (Å²) in [4.78, 5) is 29.4. The molecule has 1 heterocycles. The van der Waals surface area contributed by atoms with Crippen molar-refractivity contribution in [2.24, 2.45) is 16.5 Å². The summed E-state index contributed by atoms with van der Waals surface area (Å²) >= 11 is 0. The van der Waals surface area contributed by atoms with E-state index in [4.69, 9.17) is 27.0 Å². The molecule has 0 radical (unpaired) electrons. The molecule has 214 valence electrons. The Kier molecular flexibility index (Phi) is 11.1. The second-order valence-electron chi connectivity index (χ2n) is 8.53. The number of nitrogens with zero attached hydrogens (tertiary/aromatic N) is 2. The van der Waals surface area contributed by atoms with Gasteiger partial charge in [0.2, 0.25) is 0 Å². The molecule has 1 aliphatic rings. The van der Waals surface area contributed by atoms with Crippen LogP contribution in [0.5, 0.6) is 5.75 Å². The molecule has 2 rings (SSSR count). The van der Waals surface area contributed by atoms with E-state index in [1.54, 1.807) is 30.4 Å². The molecule has 0 fully saturated rings. The van der Waals surface area contributed by atoms with Gasteiger partial charge >= 0.3 is 6.55 Å². The van der Waals surface area contributed by atoms with Crippen LogP contribution in [-0.2, 0) is 9.59 Å². The minimum absolute atomic E-state index is 0.00593. The molecule has 1 aromatic rings. The van der Waals surface area contributed by atoms with E-state index >= 15 is 0 Å². The molecule has 0 spiro atoms. The van der Waals surface area contributed by atoms with E-state index < -0.39 is 18.2 Å². The number of methoxy groups -OCH3 is 1. The van der Waals surface area contributed by atoms with Crippen molar-refractivity contribution in [1.29, 1.82) is 10.8 Å². The van der Waals surface area contributed by atoms with Crippen molar-refractivity contribution in [3.05, 3.63) is 64.7 Å². The van der Waals surface area contributed by atoms with Crippen LogP contribution in [0, 0.1) is 10.8 Å². The first kappa shape index (κ1) is 31.2. The van der Waals surface area contributed by atoms with Crippen molar-refractivity contribution in [2.75, 3.05) is 39.6 Å². The normalized spacial score (nSPS) is 14.0. The van der Waals surface area contributed by atoms with E-state index in [9.17, 15) is 18.4 Å². The zero-order valence-corrected chi connectivity index (χ0v) is 22.6. The lowest BCUT2D eigenvalue weighted by atomic mass is 10.0. The molecule has 9 N–H and O–H groups in total. The van der Waals surface area contributed by atoms with Gasteiger partial charge in [0.15, 0.2) is 0 Å². The number of hydrogen-bond donors (Lipinski definition) is 7. The van der Waals surface area contributed by atoms with Gasteiger partial charge in [0.25, 0.3) is 11.8 Å². The Labute approximate surface area is 230 Å². The van der Waals surface area contributed by atoms with Crippen LogP contribution >= 0.6 is 0 Å². The van der Waals surface area contributed by atoms with Crippen molar-refractivity contribution in [3.63, 3.8) is 0 Å². The number of halogens is 2. The number of rotatable bonds is 12. The Morgan fingerprint density at radius 2 is 1.98 bits per heavy atom. The van der Waals surface area contributed by atoms with Gasteiger partial charge in [-0.25, -0.2) is 4.99 Å². The number of amides is 2. The van der Waals surface area contributed by atoms with E-state index in [0.717, 1.165) is 17.9 Å². The third kappa shape index (κ3) is 8.24. The van der Waals surface area contributed by atoms with E-state index in [-0.39, 0.29) is 41.9 Å². The first-order valence-corrected chi connectivity index (χ1v) is 11.9. The van der Waals surface area contributed by atoms with Crippen LogP contribution < -0.4 is 32.2 Å².